The highest BCUT2D eigenvalue weighted by atomic mass is 16.6. The van der Waals surface area contributed by atoms with Crippen molar-refractivity contribution >= 4 is 6.09 Å². The maximum atomic E-state index is 11.9. The highest BCUT2D eigenvalue weighted by Crippen LogP contribution is 2.15. The smallest absolute Gasteiger partial charge is 0.418 e. The first-order chi connectivity index (χ1) is 8.37. The molecule has 0 unspecified atom stereocenters. The molecule has 0 aliphatic rings. The predicted molar refractivity (Wildman–Crippen MR) is 67.6 cm³/mol. The van der Waals surface area contributed by atoms with Crippen LogP contribution in [0, 0.1) is 0 Å². The summed E-state index contributed by atoms with van der Waals surface area (Å²) in [6.45, 7) is 5.43. The van der Waals surface area contributed by atoms with Crippen molar-refractivity contribution < 1.29 is 19.7 Å². The Morgan fingerprint density at radius 2 is 1.61 bits per heavy atom. The van der Waals surface area contributed by atoms with Crippen molar-refractivity contribution in [1.29, 1.82) is 0 Å². The summed E-state index contributed by atoms with van der Waals surface area (Å²) in [7, 11) is 0. The summed E-state index contributed by atoms with van der Waals surface area (Å²) in [4.78, 5) is 11.9. The Bertz CT molecular complexity index is 380. The van der Waals surface area contributed by atoms with E-state index >= 15 is 0 Å². The summed E-state index contributed by atoms with van der Waals surface area (Å²) >= 11 is 0. The lowest BCUT2D eigenvalue weighted by Crippen LogP contribution is -2.26. The molecular formula is C13H21NO4. The van der Waals surface area contributed by atoms with Crippen LogP contribution in [-0.2, 0) is 17.6 Å². The van der Waals surface area contributed by atoms with Crippen LogP contribution in [0.5, 0.6) is 0 Å². The van der Waals surface area contributed by atoms with Crippen LogP contribution in [0.2, 0.25) is 0 Å². The minimum absolute atomic E-state index is 0.0107. The number of hydrogen-bond donors (Lipinski definition) is 2. The molecule has 1 aromatic rings. The molecule has 2 N–H and O–H groups in total. The van der Waals surface area contributed by atoms with Gasteiger partial charge in [-0.1, -0.05) is 0 Å². The third-order valence-corrected chi connectivity index (χ3v) is 2.37. The Balaban J connectivity index is 2.89. The third kappa shape index (κ3) is 4.16. The van der Waals surface area contributed by atoms with E-state index in [-0.39, 0.29) is 13.2 Å². The van der Waals surface area contributed by atoms with Gasteiger partial charge >= 0.3 is 6.09 Å². The maximum Gasteiger partial charge on any atom is 0.418 e. The fourth-order valence-corrected chi connectivity index (χ4v) is 1.65. The number of aliphatic hydroxyl groups is 2. The molecule has 5 nitrogen and oxygen atoms in total. The van der Waals surface area contributed by atoms with E-state index in [1.54, 1.807) is 33.2 Å². The zero-order valence-electron chi connectivity index (χ0n) is 11.1. The van der Waals surface area contributed by atoms with E-state index in [4.69, 9.17) is 14.9 Å². The molecule has 1 heterocycles. The molecule has 0 fully saturated rings. The fourth-order valence-electron chi connectivity index (χ4n) is 1.65. The van der Waals surface area contributed by atoms with E-state index in [0.29, 0.717) is 12.8 Å². The molecule has 0 spiro atoms. The first-order valence-electron chi connectivity index (χ1n) is 6.02. The van der Waals surface area contributed by atoms with Crippen LogP contribution in [0.4, 0.5) is 4.79 Å². The van der Waals surface area contributed by atoms with Crippen LogP contribution in [0.1, 0.15) is 31.9 Å². The highest BCUT2D eigenvalue weighted by molar-refractivity contribution is 5.71. The van der Waals surface area contributed by atoms with Gasteiger partial charge in [-0.3, -0.25) is 4.57 Å². The van der Waals surface area contributed by atoms with Crippen molar-refractivity contribution in [2.75, 3.05) is 13.2 Å². The van der Waals surface area contributed by atoms with E-state index in [9.17, 15) is 4.79 Å². The predicted octanol–water partition coefficient (Wildman–Crippen LogP) is 1.34. The lowest BCUT2D eigenvalue weighted by Gasteiger charge is -2.19. The van der Waals surface area contributed by atoms with Gasteiger partial charge in [0.05, 0.1) is 0 Å². The Morgan fingerprint density at radius 3 is 1.94 bits per heavy atom. The lowest BCUT2D eigenvalue weighted by atomic mass is 10.1. The molecule has 0 aromatic carbocycles. The lowest BCUT2D eigenvalue weighted by molar-refractivity contribution is 0.0536. The van der Waals surface area contributed by atoms with Gasteiger partial charge in [-0.15, -0.1) is 0 Å². The maximum absolute atomic E-state index is 11.9. The largest absolute Gasteiger partial charge is 0.443 e. The van der Waals surface area contributed by atoms with Crippen LogP contribution in [-0.4, -0.2) is 39.7 Å². The number of carbonyl (C=O) groups is 1. The molecule has 1 aromatic heterocycles. The third-order valence-electron chi connectivity index (χ3n) is 2.37. The highest BCUT2D eigenvalue weighted by Gasteiger charge is 2.19. The van der Waals surface area contributed by atoms with Crippen molar-refractivity contribution in [3.05, 3.63) is 23.5 Å². The second-order valence-electron chi connectivity index (χ2n) is 5.14. The quantitative estimate of drug-likeness (QED) is 0.851. The van der Waals surface area contributed by atoms with Gasteiger partial charge in [0.1, 0.15) is 5.60 Å². The zero-order valence-corrected chi connectivity index (χ0v) is 11.1. The Morgan fingerprint density at radius 1 is 1.17 bits per heavy atom. The average Bonchev–Trinajstić information content (AvgIpc) is 2.61. The van der Waals surface area contributed by atoms with Crippen molar-refractivity contribution in [2.45, 2.75) is 39.2 Å². The van der Waals surface area contributed by atoms with Gasteiger partial charge in [0.15, 0.2) is 0 Å². The van der Waals surface area contributed by atoms with Gasteiger partial charge in [0, 0.05) is 25.6 Å². The second-order valence-corrected chi connectivity index (χ2v) is 5.14. The van der Waals surface area contributed by atoms with Gasteiger partial charge < -0.3 is 14.9 Å². The first kappa shape index (κ1) is 14.7. The molecule has 0 amide bonds. The standard InChI is InChI=1S/C13H21NO4/c1-13(2,3)18-12(17)14-8-10(4-6-15)11(9-14)5-7-16/h8-9,15-16H,4-7H2,1-3H3. The molecule has 102 valence electrons. The summed E-state index contributed by atoms with van der Waals surface area (Å²) < 4.78 is 6.61. The summed E-state index contributed by atoms with van der Waals surface area (Å²) in [5, 5.41) is 17.9. The number of rotatable bonds is 4. The number of nitrogens with zero attached hydrogens (tertiary/aromatic N) is 1. The van der Waals surface area contributed by atoms with Gasteiger partial charge in [0.25, 0.3) is 0 Å². The molecule has 1 rings (SSSR count). The number of aliphatic hydroxyl groups excluding tert-OH is 2. The monoisotopic (exact) mass is 255 g/mol. The molecule has 0 atom stereocenters. The van der Waals surface area contributed by atoms with Gasteiger partial charge in [-0.05, 0) is 44.7 Å². The molecule has 0 bridgehead atoms. The second kappa shape index (κ2) is 6.02. The Labute approximate surface area is 107 Å². The molecular weight excluding hydrogens is 234 g/mol. The minimum atomic E-state index is -0.546. The average molecular weight is 255 g/mol. The Kier molecular flexibility index (Phi) is 4.93. The number of aromatic nitrogens is 1. The van der Waals surface area contributed by atoms with Crippen LogP contribution in [0.25, 0.3) is 0 Å². The minimum Gasteiger partial charge on any atom is -0.443 e. The summed E-state index contributed by atoms with van der Waals surface area (Å²) in [5.41, 5.74) is 1.17. The van der Waals surface area contributed by atoms with Crippen LogP contribution < -0.4 is 0 Å². The molecule has 0 aliphatic carbocycles. The normalized spacial score (nSPS) is 11.6. The van der Waals surface area contributed by atoms with Crippen molar-refractivity contribution in [3.63, 3.8) is 0 Å². The van der Waals surface area contributed by atoms with E-state index in [1.807, 2.05) is 0 Å². The van der Waals surface area contributed by atoms with E-state index in [2.05, 4.69) is 0 Å². The van der Waals surface area contributed by atoms with Gasteiger partial charge in [0.2, 0.25) is 0 Å². The first-order valence-corrected chi connectivity index (χ1v) is 6.02. The Hall–Kier alpha value is -1.33. The van der Waals surface area contributed by atoms with E-state index in [1.165, 1.54) is 4.57 Å². The van der Waals surface area contributed by atoms with Gasteiger partial charge in [-0.2, -0.15) is 0 Å². The van der Waals surface area contributed by atoms with Crippen molar-refractivity contribution in [3.8, 4) is 0 Å². The molecule has 5 heteroatoms. The van der Waals surface area contributed by atoms with Crippen LogP contribution in [0.3, 0.4) is 0 Å². The summed E-state index contributed by atoms with van der Waals surface area (Å²) in [6, 6.07) is 0. The fraction of sp³-hybridized carbons (Fsp3) is 0.615. The number of carbonyl (C=O) groups excluding carboxylic acids is 1. The molecule has 0 saturated carbocycles. The van der Waals surface area contributed by atoms with Crippen LogP contribution in [0.15, 0.2) is 12.4 Å². The zero-order chi connectivity index (χ0) is 13.8. The number of hydrogen-bond acceptors (Lipinski definition) is 4. The molecule has 0 saturated heterocycles. The molecule has 18 heavy (non-hydrogen) atoms. The summed E-state index contributed by atoms with van der Waals surface area (Å²) in [5.74, 6) is 0. The van der Waals surface area contributed by atoms with E-state index in [0.717, 1.165) is 11.1 Å². The van der Waals surface area contributed by atoms with Crippen LogP contribution >= 0.6 is 0 Å². The molecule has 0 radical (unpaired) electrons. The summed E-state index contributed by atoms with van der Waals surface area (Å²) in [6.07, 6.45) is 3.77. The van der Waals surface area contributed by atoms with Gasteiger partial charge in [-0.25, -0.2) is 4.79 Å². The molecule has 0 aliphatic heterocycles. The SMILES string of the molecule is CC(C)(C)OC(=O)n1cc(CCO)c(CCO)c1. The number of ether oxygens (including phenoxy) is 1. The van der Waals surface area contributed by atoms with Crippen molar-refractivity contribution in [2.24, 2.45) is 0 Å². The van der Waals surface area contributed by atoms with Crippen molar-refractivity contribution in [1.82, 2.24) is 4.57 Å². The topological polar surface area (TPSA) is 71.7 Å². The van der Waals surface area contributed by atoms with E-state index < -0.39 is 11.7 Å².